The second kappa shape index (κ2) is 7.47. The molecule has 10 heteroatoms. The summed E-state index contributed by atoms with van der Waals surface area (Å²) in [5.41, 5.74) is 2.23. The summed E-state index contributed by atoms with van der Waals surface area (Å²) in [6, 6.07) is 11.1. The number of alkyl halides is 3. The van der Waals surface area contributed by atoms with Gasteiger partial charge in [-0.15, -0.1) is 23.4 Å². The molecule has 0 aliphatic carbocycles. The molecule has 0 spiro atoms. The van der Waals surface area contributed by atoms with Gasteiger partial charge >= 0.3 is 6.36 Å². The number of ether oxygens (including phenoxy) is 1. The van der Waals surface area contributed by atoms with Crippen LogP contribution in [0.3, 0.4) is 0 Å². The number of azo groups is 1. The normalized spacial score (nSPS) is 11.9. The molecule has 0 saturated carbocycles. The first-order valence-electron chi connectivity index (χ1n) is 8.00. The second-order valence-corrected chi connectivity index (χ2v) is 6.34. The minimum Gasteiger partial charge on any atom is -0.493 e. The molecular formula is C18H15F3N4O2S. The zero-order valence-corrected chi connectivity index (χ0v) is 15.6. The van der Waals surface area contributed by atoms with Crippen LogP contribution in [0.25, 0.3) is 10.9 Å². The van der Waals surface area contributed by atoms with Crippen LogP contribution in [0.1, 0.15) is 5.56 Å². The van der Waals surface area contributed by atoms with E-state index in [1.807, 2.05) is 31.2 Å². The van der Waals surface area contributed by atoms with E-state index in [1.54, 1.807) is 7.05 Å². The van der Waals surface area contributed by atoms with Crippen LogP contribution in [0, 0.1) is 6.92 Å². The van der Waals surface area contributed by atoms with Crippen molar-refractivity contribution in [3.8, 4) is 11.6 Å². The first-order valence-corrected chi connectivity index (χ1v) is 8.41. The summed E-state index contributed by atoms with van der Waals surface area (Å²) in [6.45, 7) is 1.95. The number of aromatic nitrogens is 1. The van der Waals surface area contributed by atoms with Crippen LogP contribution in [-0.4, -0.2) is 21.1 Å². The molecule has 6 nitrogen and oxygen atoms in total. The molecule has 0 amide bonds. The minimum atomic E-state index is -4.83. The zero-order valence-electron chi connectivity index (χ0n) is 14.8. The highest BCUT2D eigenvalue weighted by atomic mass is 32.1. The standard InChI is InChI=1S/C18H15F3N4O2S/c1-10-3-5-11(6-4-10)22-17(28)24-23-15-13-9-12(27-18(19,20)21)7-8-14(13)25(2)16(15)26/h3-9,26H,1-2H3,(H,22,28). The number of hydrogen-bond donors (Lipinski definition) is 2. The number of halogens is 3. The summed E-state index contributed by atoms with van der Waals surface area (Å²) in [5, 5.41) is 21.2. The van der Waals surface area contributed by atoms with E-state index in [1.165, 1.54) is 10.6 Å². The number of aromatic hydroxyl groups is 1. The fourth-order valence-electron chi connectivity index (χ4n) is 2.57. The summed E-state index contributed by atoms with van der Waals surface area (Å²) >= 11 is 5.10. The number of benzene rings is 2. The van der Waals surface area contributed by atoms with Gasteiger partial charge in [0.15, 0.2) is 5.69 Å². The molecule has 146 valence electrons. The Hall–Kier alpha value is -3.14. The van der Waals surface area contributed by atoms with Crippen molar-refractivity contribution in [3.05, 3.63) is 48.0 Å². The Kier molecular flexibility index (Phi) is 5.23. The molecule has 0 unspecified atom stereocenters. The van der Waals surface area contributed by atoms with Gasteiger partial charge in [0.1, 0.15) is 5.75 Å². The number of nitrogens with one attached hydrogen (secondary N) is 1. The monoisotopic (exact) mass is 408 g/mol. The molecule has 3 rings (SSSR count). The fraction of sp³-hybridized carbons (Fsp3) is 0.167. The summed E-state index contributed by atoms with van der Waals surface area (Å²) in [5.74, 6) is -0.691. The lowest BCUT2D eigenvalue weighted by Gasteiger charge is -2.08. The van der Waals surface area contributed by atoms with Gasteiger partial charge in [0, 0.05) is 18.1 Å². The molecule has 28 heavy (non-hydrogen) atoms. The summed E-state index contributed by atoms with van der Waals surface area (Å²) in [4.78, 5) is 0. The molecule has 2 aromatic carbocycles. The predicted octanol–water partition coefficient (Wildman–Crippen LogP) is 5.57. The molecule has 0 saturated heterocycles. The molecule has 0 bridgehead atoms. The number of thiocarbonyl (C=S) groups is 1. The molecule has 2 N–H and O–H groups in total. The van der Waals surface area contributed by atoms with Gasteiger partial charge in [0.2, 0.25) is 11.0 Å². The lowest BCUT2D eigenvalue weighted by atomic mass is 10.2. The van der Waals surface area contributed by atoms with E-state index < -0.39 is 12.1 Å². The van der Waals surface area contributed by atoms with Crippen LogP contribution in [0.15, 0.2) is 52.7 Å². The van der Waals surface area contributed by atoms with Crippen LogP contribution in [0.2, 0.25) is 0 Å². The van der Waals surface area contributed by atoms with Crippen LogP contribution >= 0.6 is 12.2 Å². The maximum atomic E-state index is 12.5. The highest BCUT2D eigenvalue weighted by Gasteiger charge is 2.31. The Labute approximate surface area is 163 Å². The van der Waals surface area contributed by atoms with Crippen LogP contribution in [0.4, 0.5) is 24.5 Å². The number of hydrogen-bond acceptors (Lipinski definition) is 4. The lowest BCUT2D eigenvalue weighted by Crippen LogP contribution is -2.16. The van der Waals surface area contributed by atoms with Crippen molar-refractivity contribution >= 4 is 39.6 Å². The number of aryl methyl sites for hydroxylation is 2. The van der Waals surface area contributed by atoms with E-state index in [-0.39, 0.29) is 22.1 Å². The molecule has 0 aliphatic heterocycles. The van der Waals surface area contributed by atoms with Crippen molar-refractivity contribution in [3.63, 3.8) is 0 Å². The average Bonchev–Trinajstić information content (AvgIpc) is 2.84. The number of nitrogens with zero attached hydrogens (tertiary/aromatic N) is 3. The van der Waals surface area contributed by atoms with Gasteiger partial charge in [-0.25, -0.2) is 0 Å². The third kappa shape index (κ3) is 4.39. The second-order valence-electron chi connectivity index (χ2n) is 5.95. The quantitative estimate of drug-likeness (QED) is 0.439. The van der Waals surface area contributed by atoms with Gasteiger partial charge in [-0.3, -0.25) is 0 Å². The van der Waals surface area contributed by atoms with Crippen LogP contribution in [-0.2, 0) is 7.05 Å². The molecule has 0 atom stereocenters. The molecule has 0 radical (unpaired) electrons. The molecular weight excluding hydrogens is 393 g/mol. The van der Waals surface area contributed by atoms with Crippen molar-refractivity contribution in [2.45, 2.75) is 13.3 Å². The number of anilines is 1. The molecule has 0 fully saturated rings. The Bertz CT molecular complexity index is 1060. The van der Waals surface area contributed by atoms with Crippen molar-refractivity contribution in [1.29, 1.82) is 0 Å². The molecule has 0 aliphatic rings. The number of fused-ring (bicyclic) bond motifs is 1. The Morgan fingerprint density at radius 1 is 1.18 bits per heavy atom. The third-order valence-electron chi connectivity index (χ3n) is 3.89. The minimum absolute atomic E-state index is 0.0156. The largest absolute Gasteiger partial charge is 0.573 e. The van der Waals surface area contributed by atoms with E-state index in [2.05, 4.69) is 20.3 Å². The van der Waals surface area contributed by atoms with Gasteiger partial charge in [0.05, 0.1) is 5.52 Å². The molecule has 3 aromatic rings. The highest BCUT2D eigenvalue weighted by Crippen LogP contribution is 2.40. The first kappa shape index (κ1) is 19.6. The smallest absolute Gasteiger partial charge is 0.493 e. The van der Waals surface area contributed by atoms with Crippen molar-refractivity contribution in [1.82, 2.24) is 4.57 Å². The number of rotatable bonds is 3. The Morgan fingerprint density at radius 2 is 1.86 bits per heavy atom. The van der Waals surface area contributed by atoms with Crippen LogP contribution in [0.5, 0.6) is 11.6 Å². The van der Waals surface area contributed by atoms with Crippen molar-refractivity contribution < 1.29 is 23.0 Å². The average molecular weight is 408 g/mol. The molecule has 1 aromatic heterocycles. The van der Waals surface area contributed by atoms with Crippen LogP contribution < -0.4 is 10.1 Å². The fourth-order valence-corrected chi connectivity index (χ4v) is 2.73. The SMILES string of the molecule is Cc1ccc(NC(=S)N=Nc2c(O)n(C)c3ccc(OC(F)(F)F)cc23)cc1. The summed E-state index contributed by atoms with van der Waals surface area (Å²) in [7, 11) is 1.55. The van der Waals surface area contributed by atoms with E-state index in [0.717, 1.165) is 17.7 Å². The van der Waals surface area contributed by atoms with E-state index in [9.17, 15) is 18.3 Å². The highest BCUT2D eigenvalue weighted by molar-refractivity contribution is 7.80. The van der Waals surface area contributed by atoms with E-state index >= 15 is 0 Å². The van der Waals surface area contributed by atoms with Crippen molar-refractivity contribution in [2.75, 3.05) is 5.32 Å². The lowest BCUT2D eigenvalue weighted by molar-refractivity contribution is -0.274. The van der Waals surface area contributed by atoms with E-state index in [4.69, 9.17) is 12.2 Å². The Morgan fingerprint density at radius 3 is 2.50 bits per heavy atom. The predicted molar refractivity (Wildman–Crippen MR) is 103 cm³/mol. The summed E-state index contributed by atoms with van der Waals surface area (Å²) in [6.07, 6.45) is -4.83. The third-order valence-corrected chi connectivity index (χ3v) is 4.07. The maximum Gasteiger partial charge on any atom is 0.573 e. The van der Waals surface area contributed by atoms with Gasteiger partial charge < -0.3 is 19.7 Å². The Balaban J connectivity index is 1.89. The van der Waals surface area contributed by atoms with Gasteiger partial charge in [-0.05, 0) is 49.5 Å². The maximum absolute atomic E-state index is 12.5. The zero-order chi connectivity index (χ0) is 20.5. The molecule has 1 heterocycles. The topological polar surface area (TPSA) is 71.1 Å². The van der Waals surface area contributed by atoms with E-state index in [0.29, 0.717) is 11.2 Å². The van der Waals surface area contributed by atoms with Gasteiger partial charge in [0.25, 0.3) is 0 Å². The first-order chi connectivity index (χ1) is 13.1. The van der Waals surface area contributed by atoms with Gasteiger partial charge in [-0.2, -0.15) is 0 Å². The van der Waals surface area contributed by atoms with Gasteiger partial charge in [-0.1, -0.05) is 17.7 Å². The van der Waals surface area contributed by atoms with Crippen molar-refractivity contribution in [2.24, 2.45) is 17.3 Å². The summed E-state index contributed by atoms with van der Waals surface area (Å²) < 4.78 is 42.7.